The topological polar surface area (TPSA) is 93.1 Å². The van der Waals surface area contributed by atoms with Crippen molar-refractivity contribution >= 4 is 12.9 Å². The molecule has 0 saturated heterocycles. The number of carbonyl (C=O) groups excluding carboxylic acids is 2. The molecule has 0 bridgehead atoms. The Labute approximate surface area is 294 Å². The average Bonchev–Trinajstić information content (AvgIpc) is 3.40. The molecule has 0 aromatic heterocycles. The van der Waals surface area contributed by atoms with Crippen LogP contribution in [0.2, 0.25) is 0 Å². The Bertz CT molecular complexity index is 936. The summed E-state index contributed by atoms with van der Waals surface area (Å²) in [5.41, 5.74) is 2.81. The standard InChI is InChI=1S/C34H58O4.2C4H8O/c1-25(2)8-5-6-11-28-13-15-31-30-14-12-29-20-26(9-7-10-27(21-37-23-35)22-38-24-36)16-18-34(29,4)32(30)17-19-33(28,31)3;2*1-4(2)3-5/h23-32H,5-22H2,1-4H3;2*5H,1,3H2,2H3. The van der Waals surface area contributed by atoms with Crippen LogP contribution in [0.5, 0.6) is 0 Å². The van der Waals surface area contributed by atoms with Gasteiger partial charge in [-0.1, -0.05) is 84.1 Å². The third kappa shape index (κ3) is 12.6. The van der Waals surface area contributed by atoms with Gasteiger partial charge in [0.2, 0.25) is 0 Å². The third-order valence-electron chi connectivity index (χ3n) is 13.1. The highest BCUT2D eigenvalue weighted by molar-refractivity contribution is 5.37. The highest BCUT2D eigenvalue weighted by atomic mass is 16.5. The van der Waals surface area contributed by atoms with Gasteiger partial charge >= 0.3 is 0 Å². The maximum absolute atomic E-state index is 10.6. The van der Waals surface area contributed by atoms with Gasteiger partial charge in [-0.05, 0) is 137 Å². The molecule has 0 aromatic carbocycles. The van der Waals surface area contributed by atoms with Gasteiger partial charge in [0.15, 0.2) is 0 Å². The molecular weight excluding hydrogens is 600 g/mol. The van der Waals surface area contributed by atoms with Gasteiger partial charge in [-0.25, -0.2) is 0 Å². The van der Waals surface area contributed by atoms with Gasteiger partial charge in [0, 0.05) is 5.92 Å². The molecule has 8 unspecified atom stereocenters. The van der Waals surface area contributed by atoms with E-state index in [1.54, 1.807) is 13.8 Å². The lowest BCUT2D eigenvalue weighted by Crippen LogP contribution is -2.53. The minimum absolute atomic E-state index is 0.111. The average molecular weight is 675 g/mol. The number of hydrogen-bond donors (Lipinski definition) is 2. The molecule has 4 rings (SSSR count). The van der Waals surface area contributed by atoms with E-state index in [-0.39, 0.29) is 19.1 Å². The predicted octanol–water partition coefficient (Wildman–Crippen LogP) is 9.72. The van der Waals surface area contributed by atoms with Gasteiger partial charge in [0.05, 0.1) is 26.4 Å². The number of unbranched alkanes of at least 4 members (excludes halogenated alkanes) is 1. The van der Waals surface area contributed by atoms with E-state index in [0.717, 1.165) is 65.4 Å². The van der Waals surface area contributed by atoms with Crippen molar-refractivity contribution in [2.45, 2.75) is 144 Å². The van der Waals surface area contributed by atoms with Crippen LogP contribution in [0, 0.1) is 58.2 Å². The van der Waals surface area contributed by atoms with E-state index in [1.807, 2.05) is 0 Å². The zero-order chi connectivity index (χ0) is 35.7. The molecule has 4 saturated carbocycles. The summed E-state index contributed by atoms with van der Waals surface area (Å²) in [6.07, 6.45) is 22.3. The van der Waals surface area contributed by atoms with Crippen molar-refractivity contribution in [2.75, 3.05) is 26.4 Å². The summed E-state index contributed by atoms with van der Waals surface area (Å²) >= 11 is 0. The fourth-order valence-corrected chi connectivity index (χ4v) is 10.4. The second kappa shape index (κ2) is 21.5. The minimum Gasteiger partial charge on any atom is -0.467 e. The lowest BCUT2D eigenvalue weighted by molar-refractivity contribution is -0.133. The van der Waals surface area contributed by atoms with E-state index in [0.29, 0.717) is 37.0 Å². The number of aliphatic hydroxyl groups excluding tert-OH is 2. The molecule has 0 heterocycles. The molecule has 6 nitrogen and oxygen atoms in total. The zero-order valence-electron chi connectivity index (χ0n) is 31.9. The van der Waals surface area contributed by atoms with E-state index in [4.69, 9.17) is 19.7 Å². The number of hydrogen-bond acceptors (Lipinski definition) is 6. The second-order valence-corrected chi connectivity index (χ2v) is 17.2. The molecular formula is C42H74O6. The molecule has 0 aromatic rings. The molecule has 0 spiro atoms. The van der Waals surface area contributed by atoms with Crippen molar-refractivity contribution in [1.82, 2.24) is 0 Å². The molecule has 4 aliphatic rings. The van der Waals surface area contributed by atoms with Gasteiger partial charge in [0.25, 0.3) is 12.9 Å². The van der Waals surface area contributed by atoms with Crippen LogP contribution < -0.4 is 0 Å². The largest absolute Gasteiger partial charge is 0.467 e. The summed E-state index contributed by atoms with van der Waals surface area (Å²) in [7, 11) is 0. The molecule has 4 fully saturated rings. The van der Waals surface area contributed by atoms with E-state index in [1.165, 1.54) is 89.9 Å². The number of carbonyl (C=O) groups is 2. The summed E-state index contributed by atoms with van der Waals surface area (Å²) < 4.78 is 9.94. The quantitative estimate of drug-likeness (QED) is 0.0907. The van der Waals surface area contributed by atoms with Crippen molar-refractivity contribution in [2.24, 2.45) is 58.2 Å². The van der Waals surface area contributed by atoms with Gasteiger partial charge in [-0.15, -0.1) is 0 Å². The first-order valence-electron chi connectivity index (χ1n) is 19.5. The Kier molecular flexibility index (Phi) is 19.1. The van der Waals surface area contributed by atoms with Gasteiger partial charge in [-0.3, -0.25) is 9.59 Å². The summed E-state index contributed by atoms with van der Waals surface area (Å²) in [5, 5.41) is 16.1. The minimum atomic E-state index is 0.111. The normalized spacial score (nSPS) is 32.0. The number of fused-ring (bicyclic) bond motifs is 5. The summed E-state index contributed by atoms with van der Waals surface area (Å²) in [4.78, 5) is 21.2. The maximum atomic E-state index is 10.6. The van der Waals surface area contributed by atoms with Crippen LogP contribution in [0.3, 0.4) is 0 Å². The highest BCUT2D eigenvalue weighted by Crippen LogP contribution is 2.68. The maximum Gasteiger partial charge on any atom is 0.293 e. The van der Waals surface area contributed by atoms with Crippen LogP contribution in [0.4, 0.5) is 0 Å². The van der Waals surface area contributed by atoms with Crippen molar-refractivity contribution in [3.63, 3.8) is 0 Å². The molecule has 8 atom stereocenters. The first-order chi connectivity index (χ1) is 22.9. The predicted molar refractivity (Wildman–Crippen MR) is 197 cm³/mol. The van der Waals surface area contributed by atoms with Crippen LogP contribution in [0.1, 0.15) is 144 Å². The summed E-state index contributed by atoms with van der Waals surface area (Å²) in [5.74, 6) is 6.65. The lowest BCUT2D eigenvalue weighted by atomic mass is 9.44. The molecule has 48 heavy (non-hydrogen) atoms. The van der Waals surface area contributed by atoms with Gasteiger partial charge in [-0.2, -0.15) is 0 Å². The first-order valence-corrected chi connectivity index (χ1v) is 19.5. The Balaban J connectivity index is 0.000000700. The van der Waals surface area contributed by atoms with Crippen molar-refractivity contribution in [3.05, 3.63) is 24.3 Å². The van der Waals surface area contributed by atoms with E-state index < -0.39 is 0 Å². The lowest BCUT2D eigenvalue weighted by Gasteiger charge is -2.61. The van der Waals surface area contributed by atoms with Crippen molar-refractivity contribution in [3.8, 4) is 0 Å². The Morgan fingerprint density at radius 1 is 0.771 bits per heavy atom. The highest BCUT2D eigenvalue weighted by Gasteiger charge is 2.59. The van der Waals surface area contributed by atoms with Crippen molar-refractivity contribution < 1.29 is 29.3 Å². The van der Waals surface area contributed by atoms with E-state index in [9.17, 15) is 9.59 Å². The monoisotopic (exact) mass is 675 g/mol. The van der Waals surface area contributed by atoms with E-state index >= 15 is 0 Å². The van der Waals surface area contributed by atoms with Crippen molar-refractivity contribution in [1.29, 1.82) is 0 Å². The zero-order valence-corrected chi connectivity index (χ0v) is 31.9. The molecule has 0 aliphatic heterocycles. The number of aliphatic hydroxyl groups is 2. The van der Waals surface area contributed by atoms with Crippen LogP contribution in [-0.4, -0.2) is 49.6 Å². The van der Waals surface area contributed by atoms with Crippen LogP contribution in [0.15, 0.2) is 24.3 Å². The number of rotatable bonds is 17. The van der Waals surface area contributed by atoms with Gasteiger partial charge < -0.3 is 19.7 Å². The molecule has 278 valence electrons. The third-order valence-corrected chi connectivity index (χ3v) is 13.1. The fraction of sp³-hybridized carbons (Fsp3) is 0.857. The molecule has 0 amide bonds. The molecule has 0 radical (unpaired) electrons. The fourth-order valence-electron chi connectivity index (χ4n) is 10.4. The molecule has 4 aliphatic carbocycles. The summed E-state index contributed by atoms with van der Waals surface area (Å²) in [6, 6.07) is 0. The smallest absolute Gasteiger partial charge is 0.293 e. The van der Waals surface area contributed by atoms with Crippen LogP contribution >= 0.6 is 0 Å². The Hall–Kier alpha value is -1.66. The van der Waals surface area contributed by atoms with Crippen LogP contribution in [0.25, 0.3) is 0 Å². The van der Waals surface area contributed by atoms with Gasteiger partial charge in [0.1, 0.15) is 0 Å². The second-order valence-electron chi connectivity index (χ2n) is 17.2. The SMILES string of the molecule is C=C(C)CO.C=C(C)CO.CC(C)CCCCC1CCC2C3CCC4CC(CCCC(COC=O)COC=O)CCC4(C)C3CCC12C. The molecule has 2 N–H and O–H groups in total. The first kappa shape index (κ1) is 42.5. The Morgan fingerprint density at radius 2 is 1.35 bits per heavy atom. The Morgan fingerprint density at radius 3 is 1.92 bits per heavy atom. The van der Waals surface area contributed by atoms with E-state index in [2.05, 4.69) is 40.9 Å². The number of ether oxygens (including phenoxy) is 2. The van der Waals surface area contributed by atoms with Crippen LogP contribution in [-0.2, 0) is 19.1 Å². The molecule has 6 heteroatoms. The summed E-state index contributed by atoms with van der Waals surface area (Å²) in [6.45, 7) is 22.5.